The Morgan fingerprint density at radius 2 is 1.67 bits per heavy atom. The molecule has 1 heterocycles. The molecule has 144 valence electrons. The van der Waals surface area contributed by atoms with Gasteiger partial charge in [0.2, 0.25) is 10.0 Å². The van der Waals surface area contributed by atoms with E-state index in [1.165, 1.54) is 5.39 Å². The highest BCUT2D eigenvalue weighted by Crippen LogP contribution is 2.24. The quantitative estimate of drug-likeness (QED) is 0.709. The Balaban J connectivity index is 1.77. The monoisotopic (exact) mass is 384 g/mol. The summed E-state index contributed by atoms with van der Waals surface area (Å²) in [6.45, 7) is 8.24. The number of sulfonamides is 1. The van der Waals surface area contributed by atoms with Crippen LogP contribution in [0.2, 0.25) is 0 Å². The Morgan fingerprint density at radius 3 is 2.30 bits per heavy atom. The van der Waals surface area contributed by atoms with E-state index in [2.05, 4.69) is 48.4 Å². The standard InChI is InChI=1S/C22H28N2O2S/c1-16(14-17-15-24(5)21-9-7-6-8-20(17)21)23-27(25,26)19-12-10-18(11-13-19)22(2,3)4/h6-13,15-16,23H,14H2,1-5H3. The first-order chi connectivity index (χ1) is 12.6. The second-order valence-electron chi connectivity index (χ2n) is 8.28. The Morgan fingerprint density at radius 1 is 1.04 bits per heavy atom. The topological polar surface area (TPSA) is 51.1 Å². The van der Waals surface area contributed by atoms with Crippen molar-refractivity contribution in [2.75, 3.05) is 0 Å². The van der Waals surface area contributed by atoms with Crippen molar-refractivity contribution in [2.45, 2.75) is 50.5 Å². The highest BCUT2D eigenvalue weighted by molar-refractivity contribution is 7.89. The van der Waals surface area contributed by atoms with Crippen LogP contribution in [0.5, 0.6) is 0 Å². The minimum Gasteiger partial charge on any atom is -0.350 e. The van der Waals surface area contributed by atoms with Gasteiger partial charge in [-0.15, -0.1) is 0 Å². The van der Waals surface area contributed by atoms with Crippen molar-refractivity contribution >= 4 is 20.9 Å². The molecular formula is C22H28N2O2S. The SMILES string of the molecule is CC(Cc1cn(C)c2ccccc12)NS(=O)(=O)c1ccc(C(C)(C)C)cc1. The zero-order chi connectivity index (χ0) is 19.8. The second kappa shape index (κ2) is 7.13. The highest BCUT2D eigenvalue weighted by atomic mass is 32.2. The van der Waals surface area contributed by atoms with Crippen LogP contribution in [-0.2, 0) is 28.9 Å². The van der Waals surface area contributed by atoms with Crippen molar-refractivity contribution in [3.05, 3.63) is 65.9 Å². The van der Waals surface area contributed by atoms with Crippen LogP contribution in [0.1, 0.15) is 38.8 Å². The van der Waals surface area contributed by atoms with E-state index in [1.807, 2.05) is 38.2 Å². The fourth-order valence-corrected chi connectivity index (χ4v) is 4.67. The molecule has 1 aromatic heterocycles. The number of hydrogen-bond donors (Lipinski definition) is 1. The maximum absolute atomic E-state index is 12.7. The van der Waals surface area contributed by atoms with E-state index >= 15 is 0 Å². The van der Waals surface area contributed by atoms with Gasteiger partial charge in [0.25, 0.3) is 0 Å². The maximum Gasteiger partial charge on any atom is 0.240 e. The molecule has 0 fully saturated rings. The molecule has 0 aliphatic carbocycles. The van der Waals surface area contributed by atoms with Crippen LogP contribution in [0.15, 0.2) is 59.6 Å². The zero-order valence-electron chi connectivity index (χ0n) is 16.7. The van der Waals surface area contributed by atoms with Crippen molar-refractivity contribution in [2.24, 2.45) is 7.05 Å². The largest absolute Gasteiger partial charge is 0.350 e. The number of nitrogens with one attached hydrogen (secondary N) is 1. The van der Waals surface area contributed by atoms with Crippen LogP contribution < -0.4 is 4.72 Å². The first-order valence-corrected chi connectivity index (χ1v) is 10.7. The number of nitrogens with zero attached hydrogens (tertiary/aromatic N) is 1. The van der Waals surface area contributed by atoms with E-state index in [0.717, 1.165) is 16.6 Å². The molecule has 0 aliphatic rings. The first kappa shape index (κ1) is 19.6. The number of rotatable bonds is 5. The fraction of sp³-hybridized carbons (Fsp3) is 0.364. The average molecular weight is 385 g/mol. The molecule has 3 rings (SSSR count). The van der Waals surface area contributed by atoms with Gasteiger partial charge in [-0.25, -0.2) is 13.1 Å². The normalized spacial score (nSPS) is 13.8. The third kappa shape index (κ3) is 4.25. The third-order valence-corrected chi connectivity index (χ3v) is 6.50. The Bertz CT molecular complexity index is 1040. The summed E-state index contributed by atoms with van der Waals surface area (Å²) in [6.07, 6.45) is 2.72. The van der Waals surface area contributed by atoms with E-state index in [4.69, 9.17) is 0 Å². The van der Waals surface area contributed by atoms with Gasteiger partial charge in [-0.1, -0.05) is 51.1 Å². The number of aromatic nitrogens is 1. The van der Waals surface area contributed by atoms with Gasteiger partial charge in [0, 0.05) is 30.2 Å². The summed E-state index contributed by atoms with van der Waals surface area (Å²) in [5.74, 6) is 0. The average Bonchev–Trinajstić information content (AvgIpc) is 2.90. The minimum atomic E-state index is -3.55. The molecule has 0 amide bonds. The fourth-order valence-electron chi connectivity index (χ4n) is 3.43. The van der Waals surface area contributed by atoms with Gasteiger partial charge >= 0.3 is 0 Å². The van der Waals surface area contributed by atoms with Crippen LogP contribution in [0.3, 0.4) is 0 Å². The zero-order valence-corrected chi connectivity index (χ0v) is 17.5. The molecule has 0 aliphatic heterocycles. The van der Waals surface area contributed by atoms with Gasteiger partial charge < -0.3 is 4.57 Å². The summed E-state index contributed by atoms with van der Waals surface area (Å²) in [5.41, 5.74) is 3.41. The van der Waals surface area contributed by atoms with Gasteiger partial charge in [0.15, 0.2) is 0 Å². The summed E-state index contributed by atoms with van der Waals surface area (Å²) < 4.78 is 30.4. The molecule has 4 nitrogen and oxygen atoms in total. The van der Waals surface area contributed by atoms with E-state index in [9.17, 15) is 8.42 Å². The Hall–Kier alpha value is -2.11. The summed E-state index contributed by atoms with van der Waals surface area (Å²) in [4.78, 5) is 0.306. The summed E-state index contributed by atoms with van der Waals surface area (Å²) >= 11 is 0. The van der Waals surface area contributed by atoms with Crippen LogP contribution in [0.4, 0.5) is 0 Å². The van der Waals surface area contributed by atoms with Crippen LogP contribution >= 0.6 is 0 Å². The summed E-state index contributed by atoms with van der Waals surface area (Å²) in [5, 5.41) is 1.17. The molecular weight excluding hydrogens is 356 g/mol. The highest BCUT2D eigenvalue weighted by Gasteiger charge is 2.20. The molecule has 1 atom stereocenters. The first-order valence-electron chi connectivity index (χ1n) is 9.24. The molecule has 2 aromatic carbocycles. The van der Waals surface area contributed by atoms with Gasteiger partial charge in [0.1, 0.15) is 0 Å². The number of hydrogen-bond acceptors (Lipinski definition) is 2. The smallest absolute Gasteiger partial charge is 0.240 e. The molecule has 0 bridgehead atoms. The van der Waals surface area contributed by atoms with Crippen LogP contribution in [0.25, 0.3) is 10.9 Å². The van der Waals surface area contributed by atoms with Gasteiger partial charge in [-0.3, -0.25) is 0 Å². The minimum absolute atomic E-state index is 0.00260. The van der Waals surface area contributed by atoms with E-state index in [1.54, 1.807) is 12.1 Å². The van der Waals surface area contributed by atoms with Gasteiger partial charge in [-0.05, 0) is 48.1 Å². The summed E-state index contributed by atoms with van der Waals surface area (Å²) in [7, 11) is -1.53. The molecule has 5 heteroatoms. The molecule has 0 saturated heterocycles. The summed E-state index contributed by atoms with van der Waals surface area (Å²) in [6, 6.07) is 15.1. The molecule has 3 aromatic rings. The van der Waals surface area contributed by atoms with Crippen LogP contribution in [0, 0.1) is 0 Å². The van der Waals surface area contributed by atoms with Gasteiger partial charge in [0.05, 0.1) is 4.90 Å². The van der Waals surface area contributed by atoms with Crippen LogP contribution in [-0.4, -0.2) is 19.0 Å². The molecule has 0 saturated carbocycles. The lowest BCUT2D eigenvalue weighted by Gasteiger charge is -2.19. The van der Waals surface area contributed by atoms with Gasteiger partial charge in [-0.2, -0.15) is 0 Å². The van der Waals surface area contributed by atoms with E-state index in [0.29, 0.717) is 11.3 Å². The molecule has 0 spiro atoms. The number of aryl methyl sites for hydroxylation is 1. The third-order valence-electron chi connectivity index (χ3n) is 4.89. The molecule has 27 heavy (non-hydrogen) atoms. The molecule has 1 N–H and O–H groups in total. The van der Waals surface area contributed by atoms with E-state index < -0.39 is 10.0 Å². The van der Waals surface area contributed by atoms with E-state index in [-0.39, 0.29) is 11.5 Å². The lowest BCUT2D eigenvalue weighted by molar-refractivity contribution is 0.559. The Kier molecular flexibility index (Phi) is 5.19. The van der Waals surface area contributed by atoms with Crippen molar-refractivity contribution < 1.29 is 8.42 Å². The predicted octanol–water partition coefficient (Wildman–Crippen LogP) is 4.39. The number of fused-ring (bicyclic) bond motifs is 1. The lowest BCUT2D eigenvalue weighted by atomic mass is 9.87. The maximum atomic E-state index is 12.7. The number of para-hydroxylation sites is 1. The van der Waals surface area contributed by atoms with Crippen molar-refractivity contribution in [3.63, 3.8) is 0 Å². The second-order valence-corrected chi connectivity index (χ2v) is 10.00. The van der Waals surface area contributed by atoms with Crippen molar-refractivity contribution in [1.29, 1.82) is 0 Å². The predicted molar refractivity (Wildman–Crippen MR) is 112 cm³/mol. The van der Waals surface area contributed by atoms with Crippen molar-refractivity contribution in [3.8, 4) is 0 Å². The van der Waals surface area contributed by atoms with Crippen molar-refractivity contribution in [1.82, 2.24) is 9.29 Å². The molecule has 0 radical (unpaired) electrons. The lowest BCUT2D eigenvalue weighted by Crippen LogP contribution is -2.34. The number of benzene rings is 2. The Labute approximate surface area is 162 Å². The molecule has 1 unspecified atom stereocenters.